The van der Waals surface area contributed by atoms with Crippen LogP contribution in [0.25, 0.3) is 0 Å². The molecule has 0 aliphatic rings. The Balaban J connectivity index is 1.81. The fourth-order valence-electron chi connectivity index (χ4n) is 4.04. The molecule has 1 aromatic heterocycles. The molecule has 0 bridgehead atoms. The molecule has 0 amide bonds. The van der Waals surface area contributed by atoms with Gasteiger partial charge in [0.05, 0.1) is 13.2 Å². The van der Waals surface area contributed by atoms with E-state index in [2.05, 4.69) is 18.4 Å². The van der Waals surface area contributed by atoms with Gasteiger partial charge in [0.15, 0.2) is 6.54 Å². The van der Waals surface area contributed by atoms with Crippen molar-refractivity contribution in [3.05, 3.63) is 18.7 Å². The van der Waals surface area contributed by atoms with Crippen molar-refractivity contribution in [2.75, 3.05) is 6.61 Å². The predicted molar refractivity (Wildman–Crippen MR) is 130 cm³/mol. The van der Waals surface area contributed by atoms with E-state index < -0.39 is 0 Å². The molecule has 0 spiro atoms. The van der Waals surface area contributed by atoms with E-state index in [1.807, 2.05) is 23.3 Å². The number of hydrogen-bond donors (Lipinski definition) is 0. The van der Waals surface area contributed by atoms with Crippen LogP contribution in [0, 0.1) is 0 Å². The van der Waals surface area contributed by atoms with Crippen molar-refractivity contribution in [1.82, 2.24) is 4.57 Å². The van der Waals surface area contributed by atoms with Crippen molar-refractivity contribution in [2.45, 2.75) is 143 Å². The first-order chi connectivity index (χ1) is 15.3. The molecule has 31 heavy (non-hydrogen) atoms. The molecular weight excluding hydrogens is 384 g/mol. The summed E-state index contributed by atoms with van der Waals surface area (Å²) in [6.45, 7) is 6.37. The number of nitrogens with zero attached hydrogens (tertiary/aromatic N) is 2. The van der Waals surface area contributed by atoms with Crippen LogP contribution in [-0.2, 0) is 22.6 Å². The Morgan fingerprint density at radius 1 is 0.710 bits per heavy atom. The van der Waals surface area contributed by atoms with Crippen molar-refractivity contribution >= 4 is 5.97 Å². The summed E-state index contributed by atoms with van der Waals surface area (Å²) in [6.07, 6.45) is 30.1. The molecule has 0 saturated carbocycles. The number of carbonyl (C=O) groups is 1. The molecule has 1 heterocycles. The molecule has 0 aromatic carbocycles. The van der Waals surface area contributed by atoms with Crippen LogP contribution >= 0.6 is 0 Å². The van der Waals surface area contributed by atoms with Crippen LogP contribution in [0.5, 0.6) is 0 Å². The topological polar surface area (TPSA) is 35.1 Å². The van der Waals surface area contributed by atoms with Gasteiger partial charge in [0.2, 0.25) is 6.33 Å². The lowest BCUT2D eigenvalue weighted by Crippen LogP contribution is -2.36. The van der Waals surface area contributed by atoms with Gasteiger partial charge in [-0.25, -0.2) is 13.9 Å². The molecule has 4 nitrogen and oxygen atoms in total. The number of unbranched alkanes of at least 4 members (excludes halogenated alkanes) is 16. The van der Waals surface area contributed by atoms with E-state index in [1.54, 1.807) is 0 Å². The monoisotopic (exact) mass is 435 g/mol. The van der Waals surface area contributed by atoms with Gasteiger partial charge in [-0.15, -0.1) is 0 Å². The van der Waals surface area contributed by atoms with Gasteiger partial charge in [-0.2, -0.15) is 0 Å². The maximum Gasteiger partial charge on any atom is 0.348 e. The third-order valence-electron chi connectivity index (χ3n) is 6.09. The molecule has 0 aliphatic heterocycles. The van der Waals surface area contributed by atoms with Crippen LogP contribution in [0.1, 0.15) is 129 Å². The first kappa shape index (κ1) is 27.7. The summed E-state index contributed by atoms with van der Waals surface area (Å²) in [5.74, 6) is -0.126. The molecule has 0 atom stereocenters. The lowest BCUT2D eigenvalue weighted by Gasteiger charge is -2.04. The molecular formula is C27H51N2O2+. The first-order valence-corrected chi connectivity index (χ1v) is 13.5. The second-order valence-electron chi connectivity index (χ2n) is 9.20. The van der Waals surface area contributed by atoms with Gasteiger partial charge in [0.1, 0.15) is 12.4 Å². The Labute approximate surface area is 192 Å². The van der Waals surface area contributed by atoms with Gasteiger partial charge in [-0.3, -0.25) is 0 Å². The van der Waals surface area contributed by atoms with E-state index in [0.29, 0.717) is 13.2 Å². The highest BCUT2D eigenvalue weighted by Crippen LogP contribution is 2.13. The number of rotatable bonds is 22. The molecule has 0 fully saturated rings. The highest BCUT2D eigenvalue weighted by Gasteiger charge is 2.10. The molecule has 0 N–H and O–H groups in total. The van der Waals surface area contributed by atoms with Crippen molar-refractivity contribution in [3.8, 4) is 0 Å². The summed E-state index contributed by atoms with van der Waals surface area (Å²) in [5, 5.41) is 0. The van der Waals surface area contributed by atoms with Crippen molar-refractivity contribution < 1.29 is 14.1 Å². The third-order valence-corrected chi connectivity index (χ3v) is 6.09. The van der Waals surface area contributed by atoms with Crippen molar-refractivity contribution in [3.63, 3.8) is 0 Å². The van der Waals surface area contributed by atoms with Crippen LogP contribution < -0.4 is 4.57 Å². The first-order valence-electron chi connectivity index (χ1n) is 13.5. The van der Waals surface area contributed by atoms with Gasteiger partial charge in [0.25, 0.3) is 0 Å². The number of imidazole rings is 1. The summed E-state index contributed by atoms with van der Waals surface area (Å²) in [7, 11) is 0. The molecule has 0 unspecified atom stereocenters. The van der Waals surface area contributed by atoms with E-state index in [1.165, 1.54) is 109 Å². The molecule has 1 rings (SSSR count). The minimum absolute atomic E-state index is 0.126. The Hall–Kier alpha value is -1.32. The summed E-state index contributed by atoms with van der Waals surface area (Å²) in [6, 6.07) is 0. The minimum atomic E-state index is -0.126. The predicted octanol–water partition coefficient (Wildman–Crippen LogP) is 7.38. The number of esters is 1. The third kappa shape index (κ3) is 17.0. The smallest absolute Gasteiger partial charge is 0.348 e. The Bertz CT molecular complexity index is 527. The number of aromatic nitrogens is 2. The van der Waals surface area contributed by atoms with Crippen LogP contribution in [0.15, 0.2) is 18.7 Å². The molecule has 0 aliphatic carbocycles. The lowest BCUT2D eigenvalue weighted by molar-refractivity contribution is -0.685. The van der Waals surface area contributed by atoms with E-state index >= 15 is 0 Å². The summed E-state index contributed by atoms with van der Waals surface area (Å²) in [5.41, 5.74) is 0. The summed E-state index contributed by atoms with van der Waals surface area (Å²) < 4.78 is 9.43. The van der Waals surface area contributed by atoms with Crippen LogP contribution in [-0.4, -0.2) is 17.1 Å². The standard InChI is InChI=1S/C27H51N2O2/c1-3-5-7-8-9-10-11-12-13-14-15-16-17-18-19-20-24-31-27(30)25-29-23-22-28(26-29)21-6-4-2/h22-23,26H,3-21,24-25H2,1-2H3/q+1. The number of carbonyl (C=O) groups excluding carboxylic acids is 1. The largest absolute Gasteiger partial charge is 0.463 e. The second kappa shape index (κ2) is 20.6. The highest BCUT2D eigenvalue weighted by atomic mass is 16.5. The molecule has 180 valence electrons. The summed E-state index contributed by atoms with van der Waals surface area (Å²) >= 11 is 0. The summed E-state index contributed by atoms with van der Waals surface area (Å²) in [4.78, 5) is 11.9. The van der Waals surface area contributed by atoms with Crippen molar-refractivity contribution in [1.29, 1.82) is 0 Å². The molecule has 0 radical (unpaired) electrons. The van der Waals surface area contributed by atoms with E-state index in [9.17, 15) is 4.79 Å². The number of ether oxygens (including phenoxy) is 1. The van der Waals surface area contributed by atoms with Crippen LogP contribution in [0.3, 0.4) is 0 Å². The highest BCUT2D eigenvalue weighted by molar-refractivity contribution is 5.67. The zero-order chi connectivity index (χ0) is 22.4. The number of hydrogen-bond acceptors (Lipinski definition) is 2. The van der Waals surface area contributed by atoms with E-state index in [-0.39, 0.29) is 5.97 Å². The lowest BCUT2D eigenvalue weighted by atomic mass is 10.0. The van der Waals surface area contributed by atoms with Crippen molar-refractivity contribution in [2.24, 2.45) is 0 Å². The van der Waals surface area contributed by atoms with Gasteiger partial charge < -0.3 is 4.74 Å². The SMILES string of the molecule is CCCCCCCCCCCCCCCCCCOC(=O)C[n+]1ccn(CCCC)c1. The van der Waals surface area contributed by atoms with E-state index in [4.69, 9.17) is 4.74 Å². The quantitative estimate of drug-likeness (QED) is 0.108. The molecule has 4 heteroatoms. The Morgan fingerprint density at radius 3 is 1.71 bits per heavy atom. The maximum atomic E-state index is 11.9. The minimum Gasteiger partial charge on any atom is -0.463 e. The van der Waals surface area contributed by atoms with Gasteiger partial charge in [-0.1, -0.05) is 117 Å². The Kier molecular flexibility index (Phi) is 18.4. The average molecular weight is 436 g/mol. The van der Waals surface area contributed by atoms with Gasteiger partial charge in [0, 0.05) is 0 Å². The number of aryl methyl sites for hydroxylation is 1. The zero-order valence-electron chi connectivity index (χ0n) is 20.8. The fraction of sp³-hybridized carbons (Fsp3) is 0.852. The van der Waals surface area contributed by atoms with Crippen LogP contribution in [0.4, 0.5) is 0 Å². The average Bonchev–Trinajstić information content (AvgIpc) is 3.21. The van der Waals surface area contributed by atoms with E-state index in [0.717, 1.165) is 13.0 Å². The Morgan fingerprint density at radius 2 is 1.19 bits per heavy atom. The van der Waals surface area contributed by atoms with Gasteiger partial charge in [-0.05, 0) is 12.8 Å². The molecule has 0 saturated heterocycles. The normalized spacial score (nSPS) is 11.2. The zero-order valence-corrected chi connectivity index (χ0v) is 20.8. The molecule has 1 aromatic rings. The second-order valence-corrected chi connectivity index (χ2v) is 9.20. The van der Waals surface area contributed by atoms with Crippen LogP contribution in [0.2, 0.25) is 0 Å². The van der Waals surface area contributed by atoms with Gasteiger partial charge >= 0.3 is 5.97 Å². The maximum absolute atomic E-state index is 11.9. The fourth-order valence-corrected chi connectivity index (χ4v) is 4.04.